The predicted octanol–water partition coefficient (Wildman–Crippen LogP) is 2.69. The maximum absolute atomic E-state index is 13.2. The molecule has 128 valence electrons. The Morgan fingerprint density at radius 1 is 1.20 bits per heavy atom. The normalized spacial score (nSPS) is 15.1. The summed E-state index contributed by atoms with van der Waals surface area (Å²) in [6.07, 6.45) is 1.95. The number of hydrogen-bond acceptors (Lipinski definition) is 4. The number of nitrogens with one attached hydrogen (secondary N) is 3. The first kappa shape index (κ1) is 15.4. The van der Waals surface area contributed by atoms with Crippen molar-refractivity contribution in [2.24, 2.45) is 0 Å². The van der Waals surface area contributed by atoms with Gasteiger partial charge in [0.05, 0.1) is 5.52 Å². The Morgan fingerprint density at radius 2 is 1.96 bits per heavy atom. The van der Waals surface area contributed by atoms with Crippen LogP contribution in [0.4, 0.5) is 10.1 Å². The molecule has 0 bridgehead atoms. The van der Waals surface area contributed by atoms with Crippen molar-refractivity contribution in [3.63, 3.8) is 0 Å². The third-order valence-electron chi connectivity index (χ3n) is 4.12. The Bertz CT molecular complexity index is 973. The van der Waals surface area contributed by atoms with Crippen molar-refractivity contribution in [3.05, 3.63) is 64.4 Å². The molecule has 1 fully saturated rings. The predicted molar refractivity (Wildman–Crippen MR) is 90.8 cm³/mol. The Morgan fingerprint density at radius 3 is 2.68 bits per heavy atom. The number of benzene rings is 2. The van der Waals surface area contributed by atoms with E-state index in [2.05, 4.69) is 15.6 Å². The van der Waals surface area contributed by atoms with Crippen molar-refractivity contribution in [1.82, 2.24) is 10.3 Å². The van der Waals surface area contributed by atoms with E-state index in [4.69, 9.17) is 4.42 Å². The van der Waals surface area contributed by atoms with Crippen LogP contribution in [-0.4, -0.2) is 16.9 Å². The monoisotopic (exact) mass is 341 g/mol. The molecule has 1 heterocycles. The highest BCUT2D eigenvalue weighted by molar-refractivity contribution is 5.87. The third kappa shape index (κ3) is 3.40. The smallest absolute Gasteiger partial charge is 0.408 e. The molecule has 6 nitrogen and oxygen atoms in total. The minimum Gasteiger partial charge on any atom is -0.408 e. The molecular formula is C18H16FN3O3. The Kier molecular flexibility index (Phi) is 3.76. The van der Waals surface area contributed by atoms with Crippen LogP contribution >= 0.6 is 0 Å². The number of aromatic amines is 1. The van der Waals surface area contributed by atoms with Crippen molar-refractivity contribution in [2.45, 2.75) is 24.9 Å². The van der Waals surface area contributed by atoms with Crippen molar-refractivity contribution in [2.75, 3.05) is 5.32 Å². The summed E-state index contributed by atoms with van der Waals surface area (Å²) in [7, 11) is 0. The number of oxazole rings is 1. The van der Waals surface area contributed by atoms with Gasteiger partial charge in [-0.25, -0.2) is 9.18 Å². The van der Waals surface area contributed by atoms with E-state index in [0.29, 0.717) is 22.4 Å². The van der Waals surface area contributed by atoms with Gasteiger partial charge in [0.1, 0.15) is 11.9 Å². The lowest BCUT2D eigenvalue weighted by atomic mass is 10.1. The number of carbonyl (C=O) groups excluding carboxylic acids is 1. The van der Waals surface area contributed by atoms with Crippen LogP contribution in [0, 0.1) is 5.82 Å². The summed E-state index contributed by atoms with van der Waals surface area (Å²) in [5, 5.41) is 6.11. The Hall–Kier alpha value is -3.09. The summed E-state index contributed by atoms with van der Waals surface area (Å²) in [4.78, 5) is 26.5. The molecule has 0 aliphatic heterocycles. The molecule has 1 amide bonds. The first-order chi connectivity index (χ1) is 12.1. The standard InChI is InChI=1S/C18H16FN3O3/c19-11-3-1-10(2-4-11)16(17(23)21-12-5-6-12)20-13-7-8-15-14(9-13)22-18(24)25-15/h1-4,7-9,12,16,20H,5-6H2,(H,21,23)(H,22,24). The molecule has 1 aliphatic rings. The number of fused-ring (bicyclic) bond motifs is 1. The van der Waals surface area contributed by atoms with Gasteiger partial charge in [-0.2, -0.15) is 0 Å². The van der Waals surface area contributed by atoms with E-state index < -0.39 is 11.8 Å². The number of hydrogen-bond donors (Lipinski definition) is 3. The number of amides is 1. The molecule has 7 heteroatoms. The fraction of sp³-hybridized carbons (Fsp3) is 0.222. The van der Waals surface area contributed by atoms with Gasteiger partial charge in [0.15, 0.2) is 5.58 Å². The molecule has 1 unspecified atom stereocenters. The second-order valence-electron chi connectivity index (χ2n) is 6.14. The number of halogens is 1. The summed E-state index contributed by atoms with van der Waals surface area (Å²) >= 11 is 0. The SMILES string of the molecule is O=C(NC1CC1)C(Nc1ccc2oc(=O)[nH]c2c1)c1ccc(F)cc1. The van der Waals surface area contributed by atoms with E-state index >= 15 is 0 Å². The first-order valence-corrected chi connectivity index (χ1v) is 8.04. The van der Waals surface area contributed by atoms with Gasteiger partial charge in [-0.05, 0) is 48.7 Å². The van der Waals surface area contributed by atoms with Crippen LogP contribution in [0.15, 0.2) is 51.7 Å². The van der Waals surface area contributed by atoms with E-state index in [9.17, 15) is 14.0 Å². The number of rotatable bonds is 5. The Balaban J connectivity index is 1.64. The second kappa shape index (κ2) is 6.08. The highest BCUT2D eigenvalue weighted by atomic mass is 19.1. The molecule has 0 radical (unpaired) electrons. The van der Waals surface area contributed by atoms with Crippen molar-refractivity contribution in [3.8, 4) is 0 Å². The number of H-pyrrole nitrogens is 1. The summed E-state index contributed by atoms with van der Waals surface area (Å²) in [5.74, 6) is -1.06. The fourth-order valence-electron chi connectivity index (χ4n) is 2.68. The van der Waals surface area contributed by atoms with Gasteiger partial charge in [-0.1, -0.05) is 12.1 Å². The van der Waals surface area contributed by atoms with E-state index in [1.54, 1.807) is 30.3 Å². The van der Waals surface area contributed by atoms with E-state index in [1.165, 1.54) is 12.1 Å². The van der Waals surface area contributed by atoms with E-state index in [1.807, 2.05) is 0 Å². The highest BCUT2D eigenvalue weighted by Crippen LogP contribution is 2.25. The molecule has 4 rings (SSSR count). The largest absolute Gasteiger partial charge is 0.417 e. The minimum atomic E-state index is -0.669. The van der Waals surface area contributed by atoms with Gasteiger partial charge < -0.3 is 15.1 Å². The highest BCUT2D eigenvalue weighted by Gasteiger charge is 2.28. The molecule has 3 aromatic rings. The molecule has 1 atom stereocenters. The van der Waals surface area contributed by atoms with Gasteiger partial charge in [-0.15, -0.1) is 0 Å². The second-order valence-corrected chi connectivity index (χ2v) is 6.14. The van der Waals surface area contributed by atoms with E-state index in [-0.39, 0.29) is 17.8 Å². The van der Waals surface area contributed by atoms with Crippen LogP contribution in [0.25, 0.3) is 11.1 Å². The summed E-state index contributed by atoms with van der Waals surface area (Å²) in [6.45, 7) is 0. The molecule has 1 aliphatic carbocycles. The maximum Gasteiger partial charge on any atom is 0.417 e. The quantitative estimate of drug-likeness (QED) is 0.666. The van der Waals surface area contributed by atoms with Crippen LogP contribution in [0.1, 0.15) is 24.4 Å². The number of carbonyl (C=O) groups is 1. The molecule has 0 spiro atoms. The zero-order chi connectivity index (χ0) is 17.4. The topological polar surface area (TPSA) is 87.1 Å². The average molecular weight is 341 g/mol. The van der Waals surface area contributed by atoms with Crippen LogP contribution in [0.3, 0.4) is 0 Å². The number of aromatic nitrogens is 1. The van der Waals surface area contributed by atoms with Crippen LogP contribution in [0.2, 0.25) is 0 Å². The zero-order valence-electron chi connectivity index (χ0n) is 13.2. The molecule has 2 aromatic carbocycles. The van der Waals surface area contributed by atoms with Crippen LogP contribution in [-0.2, 0) is 4.79 Å². The summed E-state index contributed by atoms with van der Waals surface area (Å²) in [5.41, 5.74) is 2.27. The van der Waals surface area contributed by atoms with Crippen molar-refractivity contribution >= 4 is 22.7 Å². The van der Waals surface area contributed by atoms with Gasteiger partial charge >= 0.3 is 5.76 Å². The Labute approximate surface area is 142 Å². The lowest BCUT2D eigenvalue weighted by Gasteiger charge is -2.20. The molecule has 1 aromatic heterocycles. The minimum absolute atomic E-state index is 0.171. The molecule has 25 heavy (non-hydrogen) atoms. The third-order valence-corrected chi connectivity index (χ3v) is 4.12. The fourth-order valence-corrected chi connectivity index (χ4v) is 2.68. The van der Waals surface area contributed by atoms with Gasteiger partial charge in [0.25, 0.3) is 0 Å². The molecule has 1 saturated carbocycles. The zero-order valence-corrected chi connectivity index (χ0v) is 13.2. The molecular weight excluding hydrogens is 325 g/mol. The van der Waals surface area contributed by atoms with Crippen LogP contribution < -0.4 is 16.4 Å². The average Bonchev–Trinajstić information content (AvgIpc) is 3.32. The van der Waals surface area contributed by atoms with Gasteiger partial charge in [0.2, 0.25) is 5.91 Å². The van der Waals surface area contributed by atoms with E-state index in [0.717, 1.165) is 12.8 Å². The lowest BCUT2D eigenvalue weighted by molar-refractivity contribution is -0.122. The van der Waals surface area contributed by atoms with Gasteiger partial charge in [0, 0.05) is 11.7 Å². The lowest BCUT2D eigenvalue weighted by Crippen LogP contribution is -2.34. The molecule has 0 saturated heterocycles. The summed E-state index contributed by atoms with van der Waals surface area (Å²) < 4.78 is 18.2. The van der Waals surface area contributed by atoms with Crippen molar-refractivity contribution in [1.29, 1.82) is 0 Å². The first-order valence-electron chi connectivity index (χ1n) is 8.04. The molecule has 3 N–H and O–H groups in total. The number of anilines is 1. The van der Waals surface area contributed by atoms with Crippen molar-refractivity contribution < 1.29 is 13.6 Å². The summed E-state index contributed by atoms with van der Waals surface area (Å²) in [6, 6.07) is 10.4. The maximum atomic E-state index is 13.2. The van der Waals surface area contributed by atoms with Crippen LogP contribution in [0.5, 0.6) is 0 Å². The van der Waals surface area contributed by atoms with Gasteiger partial charge in [-0.3, -0.25) is 9.78 Å².